The number of hydrogen-bond donors (Lipinski definition) is 2. The molecule has 2 aromatic heterocycles. The second-order valence-corrected chi connectivity index (χ2v) is 6.42. The molecule has 0 saturated heterocycles. The van der Waals surface area contributed by atoms with Crippen LogP contribution < -0.4 is 15.4 Å². The van der Waals surface area contributed by atoms with Crippen LogP contribution in [-0.4, -0.2) is 28.9 Å². The van der Waals surface area contributed by atoms with Gasteiger partial charge in [0.05, 0.1) is 24.0 Å². The minimum absolute atomic E-state index is 0.115. The zero-order valence-electron chi connectivity index (χ0n) is 16.1. The molecule has 4 aromatic rings. The fourth-order valence-corrected chi connectivity index (χ4v) is 3.03. The molecule has 0 aliphatic carbocycles. The normalized spacial score (nSPS) is 10.4. The number of aromatic nitrogens is 2. The monoisotopic (exact) mass is 398 g/mol. The number of methoxy groups -OCH3 is 1. The number of hydrogen-bond acceptors (Lipinski definition) is 5. The quantitative estimate of drug-likeness (QED) is 0.527. The van der Waals surface area contributed by atoms with Crippen molar-refractivity contribution in [3.8, 4) is 5.75 Å². The third-order valence-electron chi connectivity index (χ3n) is 4.49. The summed E-state index contributed by atoms with van der Waals surface area (Å²) in [4.78, 5) is 33.8. The van der Waals surface area contributed by atoms with Crippen LogP contribution in [-0.2, 0) is 0 Å². The molecule has 2 heterocycles. The number of para-hydroxylation sites is 3. The number of rotatable bonds is 5. The van der Waals surface area contributed by atoms with Crippen LogP contribution in [0.2, 0.25) is 0 Å². The van der Waals surface area contributed by atoms with Crippen molar-refractivity contribution in [2.75, 3.05) is 17.7 Å². The van der Waals surface area contributed by atoms with Crippen molar-refractivity contribution in [2.24, 2.45) is 0 Å². The Morgan fingerprint density at radius 2 is 1.57 bits per heavy atom. The van der Waals surface area contributed by atoms with Gasteiger partial charge in [0.2, 0.25) is 0 Å². The summed E-state index contributed by atoms with van der Waals surface area (Å²) in [5.74, 6) is -0.272. The van der Waals surface area contributed by atoms with Crippen molar-refractivity contribution < 1.29 is 14.3 Å². The molecule has 7 nitrogen and oxygen atoms in total. The molecule has 0 bridgehead atoms. The van der Waals surface area contributed by atoms with Gasteiger partial charge in [0.15, 0.2) is 0 Å². The van der Waals surface area contributed by atoms with E-state index in [4.69, 9.17) is 4.74 Å². The molecule has 2 N–H and O–H groups in total. The first-order chi connectivity index (χ1) is 14.7. The zero-order valence-corrected chi connectivity index (χ0v) is 16.1. The number of benzene rings is 2. The van der Waals surface area contributed by atoms with Crippen molar-refractivity contribution in [3.63, 3.8) is 0 Å². The summed E-state index contributed by atoms with van der Waals surface area (Å²) in [7, 11) is 1.52. The molecular weight excluding hydrogens is 380 g/mol. The van der Waals surface area contributed by atoms with Crippen LogP contribution in [0.4, 0.5) is 11.4 Å². The minimum Gasteiger partial charge on any atom is -0.495 e. The lowest BCUT2D eigenvalue weighted by Crippen LogP contribution is -2.17. The number of fused-ring (bicyclic) bond motifs is 1. The number of pyridine rings is 2. The molecule has 0 radical (unpaired) electrons. The molecule has 7 heteroatoms. The molecule has 2 amide bonds. The molecule has 2 aromatic carbocycles. The van der Waals surface area contributed by atoms with Gasteiger partial charge < -0.3 is 15.4 Å². The van der Waals surface area contributed by atoms with Crippen LogP contribution in [0, 0.1) is 0 Å². The summed E-state index contributed by atoms with van der Waals surface area (Å²) in [6, 6.07) is 19.4. The molecular formula is C23H18N4O3. The maximum atomic E-state index is 12.8. The van der Waals surface area contributed by atoms with Crippen LogP contribution in [0.15, 0.2) is 79.1 Å². The maximum Gasteiger partial charge on any atom is 0.274 e. The largest absolute Gasteiger partial charge is 0.495 e. The Hall–Kier alpha value is -4.26. The highest BCUT2D eigenvalue weighted by atomic mass is 16.5. The van der Waals surface area contributed by atoms with E-state index in [1.54, 1.807) is 42.6 Å². The number of carbonyl (C=O) groups is 2. The fraction of sp³-hybridized carbons (Fsp3) is 0.0435. The lowest BCUT2D eigenvalue weighted by atomic mass is 10.1. The molecule has 0 fully saturated rings. The van der Waals surface area contributed by atoms with Gasteiger partial charge in [-0.05, 0) is 36.4 Å². The van der Waals surface area contributed by atoms with E-state index in [0.717, 1.165) is 5.39 Å². The number of carbonyl (C=O) groups excluding carboxylic acids is 2. The lowest BCUT2D eigenvalue weighted by molar-refractivity contribution is 0.102. The van der Waals surface area contributed by atoms with E-state index in [2.05, 4.69) is 20.6 Å². The van der Waals surface area contributed by atoms with E-state index in [-0.39, 0.29) is 11.6 Å². The van der Waals surface area contributed by atoms with E-state index in [1.165, 1.54) is 19.4 Å². The zero-order chi connectivity index (χ0) is 20.9. The first-order valence-corrected chi connectivity index (χ1v) is 9.21. The average Bonchev–Trinajstić information content (AvgIpc) is 2.79. The van der Waals surface area contributed by atoms with Crippen LogP contribution >= 0.6 is 0 Å². The fourth-order valence-electron chi connectivity index (χ4n) is 3.03. The van der Waals surface area contributed by atoms with Gasteiger partial charge >= 0.3 is 0 Å². The summed E-state index contributed by atoms with van der Waals surface area (Å²) < 4.78 is 5.24. The maximum absolute atomic E-state index is 12.8. The van der Waals surface area contributed by atoms with Gasteiger partial charge in [-0.2, -0.15) is 0 Å². The van der Waals surface area contributed by atoms with Crippen LogP contribution in [0.5, 0.6) is 5.75 Å². The number of amides is 2. The van der Waals surface area contributed by atoms with E-state index < -0.39 is 5.91 Å². The number of nitrogens with one attached hydrogen (secondary N) is 2. The molecule has 30 heavy (non-hydrogen) atoms. The summed E-state index contributed by atoms with van der Waals surface area (Å²) in [6.07, 6.45) is 3.10. The Morgan fingerprint density at radius 1 is 0.800 bits per heavy atom. The number of anilines is 2. The first-order valence-electron chi connectivity index (χ1n) is 9.21. The molecule has 0 spiro atoms. The summed E-state index contributed by atoms with van der Waals surface area (Å²) in [5, 5.41) is 6.52. The van der Waals surface area contributed by atoms with Gasteiger partial charge in [0, 0.05) is 23.3 Å². The van der Waals surface area contributed by atoms with Gasteiger partial charge in [-0.15, -0.1) is 0 Å². The highest BCUT2D eigenvalue weighted by Gasteiger charge is 2.15. The second-order valence-electron chi connectivity index (χ2n) is 6.42. The average molecular weight is 398 g/mol. The van der Waals surface area contributed by atoms with E-state index in [1.807, 2.05) is 24.3 Å². The van der Waals surface area contributed by atoms with Gasteiger partial charge in [-0.3, -0.25) is 19.6 Å². The number of ether oxygens (including phenoxy) is 1. The Kier molecular flexibility index (Phi) is 5.34. The van der Waals surface area contributed by atoms with E-state index >= 15 is 0 Å². The van der Waals surface area contributed by atoms with Crippen molar-refractivity contribution in [2.45, 2.75) is 0 Å². The van der Waals surface area contributed by atoms with Gasteiger partial charge in [-0.25, -0.2) is 0 Å². The van der Waals surface area contributed by atoms with Crippen LogP contribution in [0.3, 0.4) is 0 Å². The third kappa shape index (κ3) is 3.95. The predicted molar refractivity (Wildman–Crippen MR) is 115 cm³/mol. The Morgan fingerprint density at radius 3 is 2.43 bits per heavy atom. The Balaban J connectivity index is 1.55. The van der Waals surface area contributed by atoms with Crippen LogP contribution in [0.25, 0.3) is 10.9 Å². The SMILES string of the molecule is COc1ccccc1NC(=O)c1cc(C(=O)Nc2cccc3cccnc23)ccn1. The molecule has 0 atom stereocenters. The molecule has 0 saturated carbocycles. The van der Waals surface area contributed by atoms with Crippen molar-refractivity contribution in [1.29, 1.82) is 0 Å². The summed E-state index contributed by atoms with van der Waals surface area (Å²) >= 11 is 0. The van der Waals surface area contributed by atoms with Crippen LogP contribution in [0.1, 0.15) is 20.8 Å². The van der Waals surface area contributed by atoms with Gasteiger partial charge in [0.25, 0.3) is 11.8 Å². The van der Waals surface area contributed by atoms with E-state index in [9.17, 15) is 9.59 Å². The standard InChI is InChI=1S/C23H18N4O3/c1-30-20-10-3-2-8-17(20)26-23(29)19-14-16(11-13-24-19)22(28)27-18-9-4-6-15-7-5-12-25-21(15)18/h2-14H,1H3,(H,26,29)(H,27,28). The summed E-state index contributed by atoms with van der Waals surface area (Å²) in [6.45, 7) is 0. The highest BCUT2D eigenvalue weighted by Crippen LogP contribution is 2.24. The minimum atomic E-state index is -0.444. The summed E-state index contributed by atoms with van der Waals surface area (Å²) in [5.41, 5.74) is 2.22. The van der Waals surface area contributed by atoms with Crippen molar-refractivity contribution in [3.05, 3.63) is 90.4 Å². The molecule has 4 rings (SSSR count). The lowest BCUT2D eigenvalue weighted by Gasteiger charge is -2.10. The second kappa shape index (κ2) is 8.40. The van der Waals surface area contributed by atoms with Gasteiger partial charge in [0.1, 0.15) is 11.4 Å². The highest BCUT2D eigenvalue weighted by molar-refractivity contribution is 6.10. The topological polar surface area (TPSA) is 93.2 Å². The first kappa shape index (κ1) is 19.1. The molecule has 148 valence electrons. The number of nitrogens with zero attached hydrogens (tertiary/aromatic N) is 2. The van der Waals surface area contributed by atoms with Crippen molar-refractivity contribution in [1.82, 2.24) is 9.97 Å². The smallest absolute Gasteiger partial charge is 0.274 e. The molecule has 0 unspecified atom stereocenters. The van der Waals surface area contributed by atoms with E-state index in [0.29, 0.717) is 28.2 Å². The van der Waals surface area contributed by atoms with Crippen molar-refractivity contribution >= 4 is 34.1 Å². The molecule has 0 aliphatic rings. The Bertz CT molecular complexity index is 1230. The Labute approximate surface area is 172 Å². The molecule has 0 aliphatic heterocycles. The predicted octanol–water partition coefficient (Wildman–Crippen LogP) is 4.14. The van der Waals surface area contributed by atoms with Gasteiger partial charge in [-0.1, -0.05) is 30.3 Å². The third-order valence-corrected chi connectivity index (χ3v) is 4.49.